The standard InChI is InChI=1S/C19H24N4O6S/c1-11-5-6-15(12(2)7-11)23-17(13-9-30(26,27)10-14(13)22-23)21-19(25)18(24)20-8-16(28-3)29-4/h5-7,16H,8-10H2,1-4H3,(H,20,24)(H,21,25). The molecule has 2 N–H and O–H groups in total. The monoisotopic (exact) mass is 436 g/mol. The molecular weight excluding hydrogens is 412 g/mol. The highest BCUT2D eigenvalue weighted by Gasteiger charge is 2.34. The Bertz CT molecular complexity index is 1090. The van der Waals surface area contributed by atoms with E-state index in [-0.39, 0.29) is 23.9 Å². The predicted molar refractivity (Wildman–Crippen MR) is 109 cm³/mol. The second-order valence-electron chi connectivity index (χ2n) is 7.07. The molecule has 0 spiro atoms. The molecule has 0 fully saturated rings. The molecule has 1 aromatic heterocycles. The number of aromatic nitrogens is 2. The number of nitrogens with zero attached hydrogens (tertiary/aromatic N) is 2. The van der Waals surface area contributed by atoms with Crippen LogP contribution < -0.4 is 10.6 Å². The van der Waals surface area contributed by atoms with Crippen molar-refractivity contribution in [3.8, 4) is 5.69 Å². The van der Waals surface area contributed by atoms with E-state index < -0.39 is 27.9 Å². The predicted octanol–water partition coefficient (Wildman–Crippen LogP) is 0.591. The van der Waals surface area contributed by atoms with Crippen LogP contribution in [0.25, 0.3) is 5.69 Å². The SMILES string of the molecule is COC(CNC(=O)C(=O)Nc1c2c(nn1-c1ccc(C)cc1C)CS(=O)(=O)C2)OC. The second kappa shape index (κ2) is 8.54. The van der Waals surface area contributed by atoms with Crippen LogP contribution in [0.2, 0.25) is 0 Å². The summed E-state index contributed by atoms with van der Waals surface area (Å²) in [7, 11) is -0.527. The van der Waals surface area contributed by atoms with E-state index in [4.69, 9.17) is 9.47 Å². The topological polar surface area (TPSA) is 129 Å². The Balaban J connectivity index is 1.91. The Morgan fingerprint density at radius 2 is 1.87 bits per heavy atom. The van der Waals surface area contributed by atoms with Gasteiger partial charge in [0.1, 0.15) is 5.82 Å². The molecule has 0 atom stereocenters. The average Bonchev–Trinajstić information content (AvgIpc) is 3.14. The molecule has 11 heteroatoms. The van der Waals surface area contributed by atoms with Gasteiger partial charge in [0.05, 0.1) is 29.4 Å². The first-order valence-corrected chi connectivity index (χ1v) is 11.0. The van der Waals surface area contributed by atoms with E-state index in [0.29, 0.717) is 16.9 Å². The number of benzene rings is 1. The highest BCUT2D eigenvalue weighted by atomic mass is 32.2. The summed E-state index contributed by atoms with van der Waals surface area (Å²) in [5.41, 5.74) is 3.38. The Morgan fingerprint density at radius 3 is 2.50 bits per heavy atom. The van der Waals surface area contributed by atoms with Crippen LogP contribution in [0.1, 0.15) is 22.4 Å². The zero-order chi connectivity index (χ0) is 22.1. The van der Waals surface area contributed by atoms with Crippen LogP contribution in [0.4, 0.5) is 5.82 Å². The second-order valence-corrected chi connectivity index (χ2v) is 9.14. The number of hydrogen-bond donors (Lipinski definition) is 2. The Hall–Kier alpha value is -2.76. The van der Waals surface area contributed by atoms with Crippen LogP contribution in [0.15, 0.2) is 18.2 Å². The van der Waals surface area contributed by atoms with Crippen molar-refractivity contribution in [2.75, 3.05) is 26.1 Å². The number of hydrogen-bond acceptors (Lipinski definition) is 7. The largest absolute Gasteiger partial charge is 0.354 e. The molecule has 10 nitrogen and oxygen atoms in total. The van der Waals surface area contributed by atoms with Crippen molar-refractivity contribution in [2.45, 2.75) is 31.6 Å². The number of carbonyl (C=O) groups excluding carboxylic acids is 2. The van der Waals surface area contributed by atoms with Gasteiger partial charge in [-0.1, -0.05) is 17.7 Å². The number of aryl methyl sites for hydroxylation is 2. The van der Waals surface area contributed by atoms with Crippen molar-refractivity contribution in [1.82, 2.24) is 15.1 Å². The van der Waals surface area contributed by atoms with Crippen molar-refractivity contribution < 1.29 is 27.5 Å². The molecule has 2 aromatic rings. The third kappa shape index (κ3) is 4.53. The van der Waals surface area contributed by atoms with Gasteiger partial charge in [-0.3, -0.25) is 9.59 Å². The van der Waals surface area contributed by atoms with Crippen LogP contribution in [-0.2, 0) is 40.4 Å². The van der Waals surface area contributed by atoms with Crippen molar-refractivity contribution in [2.24, 2.45) is 0 Å². The molecule has 2 heterocycles. The van der Waals surface area contributed by atoms with E-state index in [1.54, 1.807) is 0 Å². The lowest BCUT2D eigenvalue weighted by molar-refractivity contribution is -0.139. The Morgan fingerprint density at radius 1 is 1.17 bits per heavy atom. The fraction of sp³-hybridized carbons (Fsp3) is 0.421. The third-order valence-electron chi connectivity index (χ3n) is 4.76. The molecule has 1 aliphatic heterocycles. The van der Waals surface area contributed by atoms with E-state index in [1.807, 2.05) is 32.0 Å². The highest BCUT2D eigenvalue weighted by Crippen LogP contribution is 2.33. The zero-order valence-corrected chi connectivity index (χ0v) is 18.0. The van der Waals surface area contributed by atoms with E-state index in [0.717, 1.165) is 11.1 Å². The Kier molecular flexibility index (Phi) is 6.25. The first-order chi connectivity index (χ1) is 14.1. The smallest absolute Gasteiger partial charge is 0.314 e. The van der Waals surface area contributed by atoms with Crippen molar-refractivity contribution in [3.05, 3.63) is 40.6 Å². The number of anilines is 1. The molecule has 0 unspecified atom stereocenters. The van der Waals surface area contributed by atoms with Gasteiger partial charge in [0.2, 0.25) is 0 Å². The normalized spacial score (nSPS) is 14.6. The molecular formula is C19H24N4O6S. The Labute approximate surface area is 174 Å². The van der Waals surface area contributed by atoms with Gasteiger partial charge in [0, 0.05) is 19.8 Å². The van der Waals surface area contributed by atoms with Gasteiger partial charge in [-0.25, -0.2) is 13.1 Å². The summed E-state index contributed by atoms with van der Waals surface area (Å²) in [6, 6.07) is 5.67. The molecule has 2 amide bonds. The van der Waals surface area contributed by atoms with Gasteiger partial charge in [-0.05, 0) is 25.5 Å². The molecule has 0 saturated heterocycles. The third-order valence-corrected chi connectivity index (χ3v) is 6.20. The minimum atomic E-state index is -3.35. The van der Waals surface area contributed by atoms with Crippen LogP contribution in [0, 0.1) is 13.8 Å². The first kappa shape index (κ1) is 21.9. The van der Waals surface area contributed by atoms with Gasteiger partial charge in [-0.2, -0.15) is 5.10 Å². The van der Waals surface area contributed by atoms with Crippen molar-refractivity contribution in [1.29, 1.82) is 0 Å². The zero-order valence-electron chi connectivity index (χ0n) is 17.2. The fourth-order valence-corrected chi connectivity index (χ4v) is 4.77. The molecule has 0 radical (unpaired) electrons. The van der Waals surface area contributed by atoms with Crippen LogP contribution in [0.3, 0.4) is 0 Å². The maximum Gasteiger partial charge on any atom is 0.314 e. The van der Waals surface area contributed by atoms with E-state index in [1.165, 1.54) is 18.9 Å². The van der Waals surface area contributed by atoms with Crippen LogP contribution in [-0.4, -0.2) is 57.1 Å². The molecule has 0 aliphatic carbocycles. The van der Waals surface area contributed by atoms with E-state index in [9.17, 15) is 18.0 Å². The van der Waals surface area contributed by atoms with Gasteiger partial charge in [0.15, 0.2) is 16.1 Å². The number of rotatable bonds is 6. The summed E-state index contributed by atoms with van der Waals surface area (Å²) < 4.78 is 35.5. The van der Waals surface area contributed by atoms with E-state index >= 15 is 0 Å². The number of nitrogens with one attached hydrogen (secondary N) is 2. The van der Waals surface area contributed by atoms with Gasteiger partial charge in [0.25, 0.3) is 0 Å². The lowest BCUT2D eigenvalue weighted by Gasteiger charge is -2.15. The van der Waals surface area contributed by atoms with Crippen molar-refractivity contribution >= 4 is 27.5 Å². The fourth-order valence-electron chi connectivity index (χ4n) is 3.27. The lowest BCUT2D eigenvalue weighted by Crippen LogP contribution is -2.41. The van der Waals surface area contributed by atoms with Crippen LogP contribution >= 0.6 is 0 Å². The molecule has 1 aliphatic rings. The maximum atomic E-state index is 12.5. The maximum absolute atomic E-state index is 12.5. The summed E-state index contributed by atoms with van der Waals surface area (Å²) in [6.07, 6.45) is -0.697. The number of amides is 2. The highest BCUT2D eigenvalue weighted by molar-refractivity contribution is 7.90. The number of carbonyl (C=O) groups is 2. The van der Waals surface area contributed by atoms with Gasteiger partial charge in [-0.15, -0.1) is 0 Å². The lowest BCUT2D eigenvalue weighted by atomic mass is 10.1. The van der Waals surface area contributed by atoms with Crippen molar-refractivity contribution in [3.63, 3.8) is 0 Å². The molecule has 3 rings (SSSR count). The molecule has 1 aromatic carbocycles. The summed E-state index contributed by atoms with van der Waals surface area (Å²) in [5.74, 6) is -2.14. The number of ether oxygens (including phenoxy) is 2. The van der Waals surface area contributed by atoms with Gasteiger partial charge >= 0.3 is 11.8 Å². The molecule has 30 heavy (non-hydrogen) atoms. The first-order valence-electron chi connectivity index (χ1n) is 9.18. The summed E-state index contributed by atoms with van der Waals surface area (Å²) in [5, 5.41) is 9.35. The average molecular weight is 436 g/mol. The van der Waals surface area contributed by atoms with Crippen LogP contribution in [0.5, 0.6) is 0 Å². The number of methoxy groups -OCH3 is 2. The summed E-state index contributed by atoms with van der Waals surface area (Å²) in [6.45, 7) is 3.81. The number of sulfone groups is 1. The quantitative estimate of drug-likeness (QED) is 0.501. The molecule has 0 bridgehead atoms. The van der Waals surface area contributed by atoms with Gasteiger partial charge < -0.3 is 20.1 Å². The summed E-state index contributed by atoms with van der Waals surface area (Å²) in [4.78, 5) is 24.7. The minimum absolute atomic E-state index is 0.0257. The molecule has 162 valence electrons. The number of fused-ring (bicyclic) bond motifs is 1. The summed E-state index contributed by atoms with van der Waals surface area (Å²) >= 11 is 0. The minimum Gasteiger partial charge on any atom is -0.354 e. The molecule has 0 saturated carbocycles. The van der Waals surface area contributed by atoms with E-state index in [2.05, 4.69) is 15.7 Å².